The van der Waals surface area contributed by atoms with Gasteiger partial charge >= 0.3 is 5.97 Å². The van der Waals surface area contributed by atoms with Crippen molar-refractivity contribution in [2.45, 2.75) is 13.0 Å². The molecule has 114 valence electrons. The standard InChI is InChI=1S/C15H18ClNO4/c1-20-14(18)9-17(15(19)12-6-7-21-10-12)8-11-4-2-3-5-13(11)16/h2-5,12H,6-10H2,1H3. The molecule has 0 aromatic heterocycles. The molecule has 1 aromatic carbocycles. The van der Waals surface area contributed by atoms with E-state index in [-0.39, 0.29) is 24.9 Å². The molecule has 2 rings (SSSR count). The average Bonchev–Trinajstić information content (AvgIpc) is 3.02. The minimum Gasteiger partial charge on any atom is -0.468 e. The van der Waals surface area contributed by atoms with Gasteiger partial charge in [-0.2, -0.15) is 0 Å². The fourth-order valence-corrected chi connectivity index (χ4v) is 2.45. The second kappa shape index (κ2) is 7.43. The van der Waals surface area contributed by atoms with E-state index in [1.807, 2.05) is 18.2 Å². The first-order valence-corrected chi connectivity index (χ1v) is 7.16. The number of rotatable bonds is 5. The van der Waals surface area contributed by atoms with Gasteiger partial charge in [0.2, 0.25) is 5.91 Å². The highest BCUT2D eigenvalue weighted by Crippen LogP contribution is 2.21. The van der Waals surface area contributed by atoms with Crippen LogP contribution in [0.25, 0.3) is 0 Å². The molecule has 0 N–H and O–H groups in total. The van der Waals surface area contributed by atoms with Crippen LogP contribution in [0.3, 0.4) is 0 Å². The molecule has 1 atom stereocenters. The van der Waals surface area contributed by atoms with E-state index < -0.39 is 5.97 Å². The molecule has 6 heteroatoms. The van der Waals surface area contributed by atoms with Gasteiger partial charge in [0.05, 0.1) is 19.6 Å². The highest BCUT2D eigenvalue weighted by atomic mass is 35.5. The molecule has 1 unspecified atom stereocenters. The third kappa shape index (κ3) is 4.19. The zero-order chi connectivity index (χ0) is 15.2. The molecule has 1 aromatic rings. The van der Waals surface area contributed by atoms with Crippen molar-refractivity contribution in [2.24, 2.45) is 5.92 Å². The quantitative estimate of drug-likeness (QED) is 0.779. The Bertz CT molecular complexity index is 514. The molecular formula is C15H18ClNO4. The predicted molar refractivity (Wildman–Crippen MR) is 77.8 cm³/mol. The van der Waals surface area contributed by atoms with E-state index in [1.54, 1.807) is 6.07 Å². The van der Waals surface area contributed by atoms with Crippen LogP contribution in [-0.2, 0) is 25.6 Å². The third-order valence-corrected chi connectivity index (χ3v) is 3.83. The molecule has 1 aliphatic rings. The number of methoxy groups -OCH3 is 1. The molecule has 0 aliphatic carbocycles. The molecule has 1 heterocycles. The first-order valence-electron chi connectivity index (χ1n) is 6.78. The van der Waals surface area contributed by atoms with E-state index in [9.17, 15) is 9.59 Å². The summed E-state index contributed by atoms with van der Waals surface area (Å²) in [6, 6.07) is 7.27. The summed E-state index contributed by atoms with van der Waals surface area (Å²) in [5.41, 5.74) is 0.801. The van der Waals surface area contributed by atoms with E-state index in [0.29, 0.717) is 24.7 Å². The topological polar surface area (TPSA) is 55.8 Å². The lowest BCUT2D eigenvalue weighted by Gasteiger charge is -2.24. The van der Waals surface area contributed by atoms with Crippen LogP contribution in [0.1, 0.15) is 12.0 Å². The number of esters is 1. The number of nitrogens with zero attached hydrogens (tertiary/aromatic N) is 1. The summed E-state index contributed by atoms with van der Waals surface area (Å²) in [7, 11) is 1.30. The number of carbonyl (C=O) groups is 2. The van der Waals surface area contributed by atoms with Gasteiger partial charge in [0.15, 0.2) is 0 Å². The lowest BCUT2D eigenvalue weighted by molar-refractivity contribution is -0.149. The summed E-state index contributed by atoms with van der Waals surface area (Å²) in [4.78, 5) is 25.5. The number of hydrogen-bond donors (Lipinski definition) is 0. The molecule has 21 heavy (non-hydrogen) atoms. The van der Waals surface area contributed by atoms with Crippen molar-refractivity contribution >= 4 is 23.5 Å². The van der Waals surface area contributed by atoms with E-state index in [0.717, 1.165) is 5.56 Å². The second-order valence-corrected chi connectivity index (χ2v) is 5.33. The Morgan fingerprint density at radius 1 is 1.43 bits per heavy atom. The lowest BCUT2D eigenvalue weighted by atomic mass is 10.1. The Kier molecular flexibility index (Phi) is 5.59. The molecular weight excluding hydrogens is 294 g/mol. The normalized spacial score (nSPS) is 17.5. The number of hydrogen-bond acceptors (Lipinski definition) is 4. The maximum Gasteiger partial charge on any atom is 0.325 e. The highest BCUT2D eigenvalue weighted by Gasteiger charge is 2.29. The van der Waals surface area contributed by atoms with Gasteiger partial charge in [0.1, 0.15) is 6.54 Å². The summed E-state index contributed by atoms with van der Waals surface area (Å²) in [5, 5.41) is 0.572. The van der Waals surface area contributed by atoms with Crippen molar-refractivity contribution in [1.82, 2.24) is 4.90 Å². The summed E-state index contributed by atoms with van der Waals surface area (Å²) >= 11 is 6.12. The van der Waals surface area contributed by atoms with Crippen LogP contribution in [0.15, 0.2) is 24.3 Å². The van der Waals surface area contributed by atoms with Crippen molar-refractivity contribution in [3.05, 3.63) is 34.9 Å². The molecule has 0 saturated carbocycles. The Labute approximate surface area is 128 Å². The summed E-state index contributed by atoms with van der Waals surface area (Å²) < 4.78 is 9.91. The smallest absolute Gasteiger partial charge is 0.325 e. The maximum atomic E-state index is 12.5. The lowest BCUT2D eigenvalue weighted by Crippen LogP contribution is -2.39. The van der Waals surface area contributed by atoms with Crippen LogP contribution in [-0.4, -0.2) is 43.6 Å². The Morgan fingerprint density at radius 2 is 2.19 bits per heavy atom. The minimum atomic E-state index is -0.450. The van der Waals surface area contributed by atoms with Crippen LogP contribution in [0.4, 0.5) is 0 Å². The minimum absolute atomic E-state index is 0.0863. The van der Waals surface area contributed by atoms with Crippen molar-refractivity contribution in [3.8, 4) is 0 Å². The van der Waals surface area contributed by atoms with Gasteiger partial charge in [-0.25, -0.2) is 0 Å². The van der Waals surface area contributed by atoms with Crippen molar-refractivity contribution < 1.29 is 19.1 Å². The zero-order valence-electron chi connectivity index (χ0n) is 11.9. The fraction of sp³-hybridized carbons (Fsp3) is 0.467. The number of ether oxygens (including phenoxy) is 2. The van der Waals surface area contributed by atoms with Crippen LogP contribution < -0.4 is 0 Å². The number of halogens is 1. The second-order valence-electron chi connectivity index (χ2n) is 4.92. The van der Waals surface area contributed by atoms with E-state index in [4.69, 9.17) is 16.3 Å². The molecule has 5 nitrogen and oxygen atoms in total. The summed E-state index contributed by atoms with van der Waals surface area (Å²) in [6.45, 7) is 1.18. The first-order chi connectivity index (χ1) is 10.1. The number of benzene rings is 1. The molecule has 1 aliphatic heterocycles. The summed E-state index contributed by atoms with van der Waals surface area (Å²) in [5.74, 6) is -0.746. The van der Waals surface area contributed by atoms with E-state index >= 15 is 0 Å². The van der Waals surface area contributed by atoms with Gasteiger partial charge in [-0.05, 0) is 18.1 Å². The van der Waals surface area contributed by atoms with Crippen molar-refractivity contribution in [1.29, 1.82) is 0 Å². The van der Waals surface area contributed by atoms with Crippen LogP contribution >= 0.6 is 11.6 Å². The van der Waals surface area contributed by atoms with Gasteiger partial charge < -0.3 is 14.4 Å². The van der Waals surface area contributed by atoms with Crippen molar-refractivity contribution in [2.75, 3.05) is 26.9 Å². The van der Waals surface area contributed by atoms with Gasteiger partial charge in [-0.15, -0.1) is 0 Å². The number of carbonyl (C=O) groups excluding carboxylic acids is 2. The van der Waals surface area contributed by atoms with Crippen molar-refractivity contribution in [3.63, 3.8) is 0 Å². The summed E-state index contributed by atoms with van der Waals surface area (Å²) in [6.07, 6.45) is 0.680. The SMILES string of the molecule is COC(=O)CN(Cc1ccccc1Cl)C(=O)C1CCOC1. The van der Waals surface area contributed by atoms with E-state index in [1.165, 1.54) is 12.0 Å². The molecule has 1 fully saturated rings. The monoisotopic (exact) mass is 311 g/mol. The largest absolute Gasteiger partial charge is 0.468 e. The average molecular weight is 312 g/mol. The van der Waals surface area contributed by atoms with E-state index in [2.05, 4.69) is 4.74 Å². The fourth-order valence-electron chi connectivity index (χ4n) is 2.25. The third-order valence-electron chi connectivity index (χ3n) is 3.46. The van der Waals surface area contributed by atoms with Crippen LogP contribution in [0, 0.1) is 5.92 Å². The van der Waals surface area contributed by atoms with Gasteiger partial charge in [0.25, 0.3) is 0 Å². The van der Waals surface area contributed by atoms with Crippen LogP contribution in [0.2, 0.25) is 5.02 Å². The van der Waals surface area contributed by atoms with Gasteiger partial charge in [0, 0.05) is 18.2 Å². The molecule has 0 spiro atoms. The Balaban J connectivity index is 2.13. The first kappa shape index (κ1) is 15.8. The van der Waals surface area contributed by atoms with Gasteiger partial charge in [-0.3, -0.25) is 9.59 Å². The highest BCUT2D eigenvalue weighted by molar-refractivity contribution is 6.31. The maximum absolute atomic E-state index is 12.5. The number of amides is 1. The zero-order valence-corrected chi connectivity index (χ0v) is 12.6. The molecule has 1 amide bonds. The molecule has 0 bridgehead atoms. The van der Waals surface area contributed by atoms with Crippen LogP contribution in [0.5, 0.6) is 0 Å². The van der Waals surface area contributed by atoms with Gasteiger partial charge in [-0.1, -0.05) is 29.8 Å². The molecule has 1 saturated heterocycles. The Morgan fingerprint density at radius 3 is 2.81 bits per heavy atom. The Hall–Kier alpha value is -1.59. The molecule has 0 radical (unpaired) electrons. The predicted octanol–water partition coefficient (Wildman–Crippen LogP) is 1.88.